The van der Waals surface area contributed by atoms with Crippen LogP contribution in [-0.4, -0.2) is 24.3 Å². The molecule has 2 rings (SSSR count). The normalized spacial score (nSPS) is 10.4. The number of hydrogen-bond acceptors (Lipinski definition) is 4. The second-order valence-corrected chi connectivity index (χ2v) is 2.88. The van der Waals surface area contributed by atoms with Crippen molar-refractivity contribution in [1.29, 1.82) is 0 Å². The Hall–Kier alpha value is -1.98. The Labute approximate surface area is 79.9 Å². The van der Waals surface area contributed by atoms with Crippen LogP contribution in [0.15, 0.2) is 29.7 Å². The minimum Gasteiger partial charge on any atom is -0.285 e. The molecule has 0 aromatic carbocycles. The van der Waals surface area contributed by atoms with Crippen molar-refractivity contribution in [3.63, 3.8) is 0 Å². The zero-order valence-corrected chi connectivity index (χ0v) is 7.66. The van der Waals surface area contributed by atoms with Crippen LogP contribution in [0.4, 0.5) is 0 Å². The second kappa shape index (κ2) is 3.41. The lowest BCUT2D eigenvalue weighted by Gasteiger charge is -1.97. The Kier molecular flexibility index (Phi) is 2.10. The molecule has 0 bridgehead atoms. The first kappa shape index (κ1) is 8.61. The fourth-order valence-electron chi connectivity index (χ4n) is 1.09. The number of hydrogen-bond donors (Lipinski definition) is 0. The number of nitrogens with zero attached hydrogens (tertiary/aromatic N) is 5. The highest BCUT2D eigenvalue weighted by Gasteiger charge is 2.02. The fourth-order valence-corrected chi connectivity index (χ4v) is 1.09. The monoisotopic (exact) mass is 191 g/mol. The Morgan fingerprint density at radius 2 is 2.29 bits per heavy atom. The predicted molar refractivity (Wildman–Crippen MR) is 48.6 cm³/mol. The van der Waals surface area contributed by atoms with Crippen LogP contribution >= 0.6 is 0 Å². The largest absolute Gasteiger partial charge is 0.345 e. The molecule has 0 saturated carbocycles. The van der Waals surface area contributed by atoms with E-state index >= 15 is 0 Å². The first-order chi connectivity index (χ1) is 6.77. The third-order valence-electron chi connectivity index (χ3n) is 1.82. The summed E-state index contributed by atoms with van der Waals surface area (Å²) in [5.41, 5.74) is 0.559. The smallest absolute Gasteiger partial charge is 0.285 e. The Bertz CT molecular complexity index is 472. The first-order valence-electron chi connectivity index (χ1n) is 4.10. The second-order valence-electron chi connectivity index (χ2n) is 2.88. The molecule has 6 heteroatoms. The molecule has 0 amide bonds. The van der Waals surface area contributed by atoms with Crippen LogP contribution < -0.4 is 5.69 Å². The lowest BCUT2D eigenvalue weighted by molar-refractivity contribution is 0.633. The van der Waals surface area contributed by atoms with Gasteiger partial charge in [0.2, 0.25) is 0 Å². The van der Waals surface area contributed by atoms with Gasteiger partial charge in [0.1, 0.15) is 6.33 Å². The van der Waals surface area contributed by atoms with Gasteiger partial charge in [-0.25, -0.2) is 9.48 Å². The van der Waals surface area contributed by atoms with Gasteiger partial charge in [-0.2, -0.15) is 5.10 Å². The zero-order valence-electron chi connectivity index (χ0n) is 7.66. The molecule has 6 nitrogen and oxygen atoms in total. The summed E-state index contributed by atoms with van der Waals surface area (Å²) in [5, 5.41) is 3.91. The molecular weight excluding hydrogens is 182 g/mol. The van der Waals surface area contributed by atoms with E-state index in [9.17, 15) is 4.79 Å². The first-order valence-corrected chi connectivity index (χ1v) is 4.10. The molecule has 0 aliphatic rings. The van der Waals surface area contributed by atoms with Crippen molar-refractivity contribution >= 4 is 0 Å². The summed E-state index contributed by atoms with van der Waals surface area (Å²) >= 11 is 0. The lowest BCUT2D eigenvalue weighted by Crippen LogP contribution is -2.23. The summed E-state index contributed by atoms with van der Waals surface area (Å²) in [4.78, 5) is 19.3. The maximum Gasteiger partial charge on any atom is 0.345 e. The standard InChI is InChI=1S/C8H9N5O/c1-12-6-11-13(8(12)14)5-7-4-9-2-3-10-7/h2-4,6H,5H2,1H3. The van der Waals surface area contributed by atoms with Crippen LogP contribution in [0.1, 0.15) is 5.69 Å². The van der Waals surface area contributed by atoms with Crippen LogP contribution in [0.25, 0.3) is 0 Å². The molecule has 0 radical (unpaired) electrons. The molecule has 0 fully saturated rings. The maximum atomic E-state index is 11.4. The third-order valence-corrected chi connectivity index (χ3v) is 1.82. The molecule has 2 heterocycles. The van der Waals surface area contributed by atoms with Gasteiger partial charge < -0.3 is 0 Å². The number of aryl methyl sites for hydroxylation is 1. The van der Waals surface area contributed by atoms with Crippen molar-refractivity contribution in [2.45, 2.75) is 6.54 Å². The van der Waals surface area contributed by atoms with E-state index < -0.39 is 0 Å². The molecule has 0 aliphatic heterocycles. The van der Waals surface area contributed by atoms with Crippen molar-refractivity contribution in [2.24, 2.45) is 7.05 Å². The van der Waals surface area contributed by atoms with Gasteiger partial charge in [0.25, 0.3) is 0 Å². The Balaban J connectivity index is 2.28. The van der Waals surface area contributed by atoms with Gasteiger partial charge in [-0.05, 0) is 0 Å². The highest BCUT2D eigenvalue weighted by atomic mass is 16.2. The van der Waals surface area contributed by atoms with Gasteiger partial charge >= 0.3 is 5.69 Å². The van der Waals surface area contributed by atoms with Gasteiger partial charge in [0.15, 0.2) is 0 Å². The van der Waals surface area contributed by atoms with Crippen LogP contribution in [0.2, 0.25) is 0 Å². The van der Waals surface area contributed by atoms with E-state index in [2.05, 4.69) is 15.1 Å². The fraction of sp³-hybridized carbons (Fsp3) is 0.250. The number of rotatable bonds is 2. The van der Waals surface area contributed by atoms with Crippen molar-refractivity contribution in [2.75, 3.05) is 0 Å². The quantitative estimate of drug-likeness (QED) is 0.637. The van der Waals surface area contributed by atoms with Crippen LogP contribution in [0.3, 0.4) is 0 Å². The van der Waals surface area contributed by atoms with E-state index in [1.165, 1.54) is 15.6 Å². The van der Waals surface area contributed by atoms with E-state index in [0.29, 0.717) is 12.2 Å². The summed E-state index contributed by atoms with van der Waals surface area (Å²) < 4.78 is 2.75. The van der Waals surface area contributed by atoms with E-state index in [0.717, 1.165) is 0 Å². The van der Waals surface area contributed by atoms with Gasteiger partial charge in [-0.1, -0.05) is 0 Å². The van der Waals surface area contributed by atoms with Gasteiger partial charge in [-0.3, -0.25) is 14.5 Å². The zero-order chi connectivity index (χ0) is 9.97. The summed E-state index contributed by atoms with van der Waals surface area (Å²) in [6, 6.07) is 0. The maximum absolute atomic E-state index is 11.4. The van der Waals surface area contributed by atoms with Gasteiger partial charge in [0, 0.05) is 19.4 Å². The van der Waals surface area contributed by atoms with E-state index in [1.54, 1.807) is 25.6 Å². The summed E-state index contributed by atoms with van der Waals surface area (Å²) in [5.74, 6) is 0. The molecular formula is C8H9N5O. The molecule has 0 spiro atoms. The molecule has 0 N–H and O–H groups in total. The lowest BCUT2D eigenvalue weighted by atomic mass is 10.4. The molecule has 72 valence electrons. The van der Waals surface area contributed by atoms with Crippen molar-refractivity contribution in [3.8, 4) is 0 Å². The van der Waals surface area contributed by atoms with Crippen LogP contribution in [0.5, 0.6) is 0 Å². The van der Waals surface area contributed by atoms with E-state index in [-0.39, 0.29) is 5.69 Å². The molecule has 14 heavy (non-hydrogen) atoms. The predicted octanol–water partition coefficient (Wildman–Crippen LogP) is -0.580. The van der Waals surface area contributed by atoms with E-state index in [4.69, 9.17) is 0 Å². The molecule has 0 saturated heterocycles. The summed E-state index contributed by atoms with van der Waals surface area (Å²) in [6.07, 6.45) is 6.26. The summed E-state index contributed by atoms with van der Waals surface area (Å²) in [7, 11) is 1.66. The highest BCUT2D eigenvalue weighted by molar-refractivity contribution is 4.94. The van der Waals surface area contributed by atoms with Crippen molar-refractivity contribution in [3.05, 3.63) is 41.1 Å². The number of aromatic nitrogens is 5. The average molecular weight is 191 g/mol. The molecule has 0 atom stereocenters. The van der Waals surface area contributed by atoms with Crippen LogP contribution in [0, 0.1) is 0 Å². The average Bonchev–Trinajstić information content (AvgIpc) is 2.52. The molecule has 2 aromatic heterocycles. The molecule has 0 aliphatic carbocycles. The van der Waals surface area contributed by atoms with Crippen LogP contribution in [-0.2, 0) is 13.6 Å². The summed E-state index contributed by atoms with van der Waals surface area (Å²) in [6.45, 7) is 0.355. The third kappa shape index (κ3) is 1.54. The minimum absolute atomic E-state index is 0.157. The SMILES string of the molecule is Cn1cnn(Cc2cnccn2)c1=O. The van der Waals surface area contributed by atoms with Crippen molar-refractivity contribution in [1.82, 2.24) is 24.3 Å². The Morgan fingerprint density at radius 1 is 1.43 bits per heavy atom. The Morgan fingerprint density at radius 3 is 2.86 bits per heavy atom. The van der Waals surface area contributed by atoms with E-state index in [1.807, 2.05) is 0 Å². The van der Waals surface area contributed by atoms with Gasteiger partial charge in [-0.15, -0.1) is 0 Å². The minimum atomic E-state index is -0.157. The highest BCUT2D eigenvalue weighted by Crippen LogP contribution is 1.91. The van der Waals surface area contributed by atoms with Crippen molar-refractivity contribution < 1.29 is 0 Å². The molecule has 0 unspecified atom stereocenters. The van der Waals surface area contributed by atoms with Gasteiger partial charge in [0.05, 0.1) is 18.4 Å². The topological polar surface area (TPSA) is 65.6 Å². The molecule has 2 aromatic rings.